The largest absolute Gasteiger partial charge is 0.465 e. The van der Waals surface area contributed by atoms with E-state index in [2.05, 4.69) is 24.3 Å². The second kappa shape index (κ2) is 14.8. The Balaban J connectivity index is 1.26. The molecule has 2 unspecified atom stereocenters. The minimum absolute atomic E-state index is 0.283. The maximum atomic E-state index is 6.00. The molecule has 0 N–H and O–H groups in total. The Hall–Kier alpha value is -3.27. The normalized spacial score (nSPS) is 12.4. The zero-order valence-corrected chi connectivity index (χ0v) is 24.8. The first-order valence-electron chi connectivity index (χ1n) is 13.0. The van der Waals surface area contributed by atoms with Crippen LogP contribution in [0.15, 0.2) is 97.1 Å². The molecule has 39 heavy (non-hydrogen) atoms. The van der Waals surface area contributed by atoms with Gasteiger partial charge in [-0.15, -0.1) is 0 Å². The van der Waals surface area contributed by atoms with Crippen molar-refractivity contribution in [2.45, 2.75) is 40.3 Å². The fourth-order valence-electron chi connectivity index (χ4n) is 3.62. The molecular formula is C32H34IO6+. The van der Waals surface area contributed by atoms with E-state index in [4.69, 9.17) is 28.4 Å². The van der Waals surface area contributed by atoms with Crippen molar-refractivity contribution >= 4 is 0 Å². The fourth-order valence-corrected chi connectivity index (χ4v) is 5.78. The van der Waals surface area contributed by atoms with Crippen LogP contribution in [0.1, 0.15) is 27.7 Å². The van der Waals surface area contributed by atoms with Crippen LogP contribution in [0.4, 0.5) is 0 Å². The van der Waals surface area contributed by atoms with E-state index in [0.717, 1.165) is 34.5 Å². The highest BCUT2D eigenvalue weighted by Gasteiger charge is 2.16. The van der Waals surface area contributed by atoms with Gasteiger partial charge in [0.25, 0.3) is 0 Å². The van der Waals surface area contributed by atoms with E-state index in [0.29, 0.717) is 13.2 Å². The number of hydrogen-bond donors (Lipinski definition) is 0. The monoisotopic (exact) mass is 641 g/mol. The molecule has 0 saturated carbocycles. The molecule has 0 aliphatic rings. The molecule has 0 aliphatic carbocycles. The molecule has 0 amide bonds. The zero-order valence-electron chi connectivity index (χ0n) is 22.6. The van der Waals surface area contributed by atoms with Crippen molar-refractivity contribution in [2.24, 2.45) is 0 Å². The molecule has 4 rings (SSSR count). The molecule has 0 heterocycles. The third-order valence-corrected chi connectivity index (χ3v) is 8.06. The number of rotatable bonds is 14. The molecule has 0 saturated heterocycles. The molecule has 0 aromatic heterocycles. The Morgan fingerprint density at radius 1 is 0.462 bits per heavy atom. The first-order chi connectivity index (χ1) is 19.0. The predicted octanol–water partition coefficient (Wildman–Crippen LogP) is 4.92. The molecule has 0 fully saturated rings. The summed E-state index contributed by atoms with van der Waals surface area (Å²) in [5.41, 5.74) is 0. The van der Waals surface area contributed by atoms with E-state index >= 15 is 0 Å². The number of ether oxygens (including phenoxy) is 6. The molecule has 4 aromatic carbocycles. The highest BCUT2D eigenvalue weighted by molar-refractivity contribution is 5.36. The Bertz CT molecular complexity index is 1160. The number of benzene rings is 4. The summed E-state index contributed by atoms with van der Waals surface area (Å²) in [6.45, 7) is 8.87. The quantitative estimate of drug-likeness (QED) is 0.144. The maximum absolute atomic E-state index is 6.00. The van der Waals surface area contributed by atoms with Gasteiger partial charge in [-0.1, -0.05) is 0 Å². The van der Waals surface area contributed by atoms with E-state index in [-0.39, 0.29) is 33.8 Å². The lowest BCUT2D eigenvalue weighted by Crippen LogP contribution is -3.61. The third kappa shape index (κ3) is 9.45. The lowest BCUT2D eigenvalue weighted by molar-refractivity contribution is -0.597. The van der Waals surface area contributed by atoms with Gasteiger partial charge in [0.05, 0.1) is 0 Å². The Morgan fingerprint density at radius 2 is 0.744 bits per heavy atom. The van der Waals surface area contributed by atoms with Crippen molar-refractivity contribution in [1.29, 1.82) is 0 Å². The fraction of sp³-hybridized carbons (Fsp3) is 0.250. The van der Waals surface area contributed by atoms with E-state index in [1.54, 1.807) is 0 Å². The molecule has 0 aliphatic heterocycles. The molecule has 7 heteroatoms. The Labute approximate surface area is 241 Å². The highest BCUT2D eigenvalue weighted by atomic mass is 127. The first kappa shape index (κ1) is 28.7. The lowest BCUT2D eigenvalue weighted by atomic mass is 10.3. The number of hydrogen-bond acceptors (Lipinski definition) is 6. The van der Waals surface area contributed by atoms with Crippen LogP contribution in [0, 0.1) is 7.14 Å². The molecule has 0 spiro atoms. The maximum Gasteiger partial charge on any atom is 0.357 e. The molecule has 2 atom stereocenters. The summed E-state index contributed by atoms with van der Waals surface area (Å²) in [5.74, 6) is 4.60. The van der Waals surface area contributed by atoms with Crippen molar-refractivity contribution < 1.29 is 49.6 Å². The van der Waals surface area contributed by atoms with Crippen molar-refractivity contribution in [3.8, 4) is 34.5 Å². The van der Waals surface area contributed by atoms with Gasteiger partial charge in [-0.25, -0.2) is 0 Å². The molecule has 0 bridgehead atoms. The summed E-state index contributed by atoms with van der Waals surface area (Å²) in [7, 11) is 0. The summed E-state index contributed by atoms with van der Waals surface area (Å²) >= 11 is -0.319. The minimum atomic E-state index is -0.319. The average molecular weight is 642 g/mol. The second-order valence-electron chi connectivity index (χ2n) is 8.43. The molecular weight excluding hydrogens is 607 g/mol. The third-order valence-electron chi connectivity index (χ3n) is 5.37. The van der Waals surface area contributed by atoms with Crippen molar-refractivity contribution in [2.75, 3.05) is 13.2 Å². The van der Waals surface area contributed by atoms with Crippen LogP contribution in [-0.2, 0) is 9.47 Å². The average Bonchev–Trinajstić information content (AvgIpc) is 2.93. The second-order valence-corrected chi connectivity index (χ2v) is 11.5. The Morgan fingerprint density at radius 3 is 1.05 bits per heavy atom. The van der Waals surface area contributed by atoms with Crippen LogP contribution in [-0.4, -0.2) is 25.8 Å². The van der Waals surface area contributed by atoms with Gasteiger partial charge in [-0.3, -0.25) is 0 Å². The van der Waals surface area contributed by atoms with E-state index in [1.165, 1.54) is 7.14 Å². The summed E-state index contributed by atoms with van der Waals surface area (Å²) in [5, 5.41) is 0. The summed E-state index contributed by atoms with van der Waals surface area (Å²) in [6, 6.07) is 31.7. The topological polar surface area (TPSA) is 55.4 Å². The first-order valence-corrected chi connectivity index (χ1v) is 15.1. The van der Waals surface area contributed by atoms with Crippen LogP contribution in [0.2, 0.25) is 0 Å². The van der Waals surface area contributed by atoms with Gasteiger partial charge in [0.15, 0.2) is 19.7 Å². The highest BCUT2D eigenvalue weighted by Crippen LogP contribution is 2.25. The van der Waals surface area contributed by atoms with Crippen molar-refractivity contribution in [3.63, 3.8) is 0 Å². The van der Waals surface area contributed by atoms with E-state index in [9.17, 15) is 0 Å². The van der Waals surface area contributed by atoms with Crippen LogP contribution >= 0.6 is 0 Å². The van der Waals surface area contributed by atoms with E-state index < -0.39 is 0 Å². The van der Waals surface area contributed by atoms with Crippen molar-refractivity contribution in [3.05, 3.63) is 104 Å². The Kier molecular flexibility index (Phi) is 10.9. The molecule has 6 nitrogen and oxygen atoms in total. The minimum Gasteiger partial charge on any atom is -0.465 e. The molecule has 0 radical (unpaired) electrons. The zero-order chi connectivity index (χ0) is 27.5. The summed E-state index contributed by atoms with van der Waals surface area (Å²) < 4.78 is 36.8. The van der Waals surface area contributed by atoms with Crippen LogP contribution < -0.4 is 40.2 Å². The molecule has 4 aromatic rings. The van der Waals surface area contributed by atoms with Crippen LogP contribution in [0.5, 0.6) is 34.5 Å². The van der Waals surface area contributed by atoms with Gasteiger partial charge in [0.2, 0.25) is 0 Å². The van der Waals surface area contributed by atoms with Crippen LogP contribution in [0.25, 0.3) is 0 Å². The van der Waals surface area contributed by atoms with E-state index in [1.807, 2.05) is 100 Å². The molecule has 204 valence electrons. The summed E-state index contributed by atoms with van der Waals surface area (Å²) in [6.07, 6.45) is -0.566. The predicted molar refractivity (Wildman–Crippen MR) is 147 cm³/mol. The van der Waals surface area contributed by atoms with Crippen LogP contribution in [0.3, 0.4) is 0 Å². The van der Waals surface area contributed by atoms with Crippen molar-refractivity contribution in [1.82, 2.24) is 0 Å². The lowest BCUT2D eigenvalue weighted by Gasteiger charge is -2.14. The smallest absolute Gasteiger partial charge is 0.357 e. The van der Waals surface area contributed by atoms with Gasteiger partial charge >= 0.3 is 21.2 Å². The SMILES string of the molecule is CCOC(C)Oc1ccc(Oc2ccc([I+]c3ccc(Oc4ccc(OC(C)OCC)cc4)cc3)cc2)cc1. The van der Waals surface area contributed by atoms with Gasteiger partial charge in [0, 0.05) is 13.2 Å². The van der Waals surface area contributed by atoms with Gasteiger partial charge in [-0.05, 0) is 125 Å². The van der Waals surface area contributed by atoms with Gasteiger partial charge in [0.1, 0.15) is 34.5 Å². The summed E-state index contributed by atoms with van der Waals surface area (Å²) in [4.78, 5) is 0. The number of halogens is 1. The standard InChI is InChI=1S/C32H34IO6/c1-5-34-23(3)36-27-15-19-31(20-16-27)38-29-11-7-25(8-12-29)33-26-9-13-30(14-10-26)39-32-21-17-28(18-22-32)37-24(4)35-6-2/h7-24H,5-6H2,1-4H3/q+1. The van der Waals surface area contributed by atoms with Gasteiger partial charge in [-0.2, -0.15) is 0 Å². The van der Waals surface area contributed by atoms with Gasteiger partial charge < -0.3 is 28.4 Å².